The molecule has 0 saturated heterocycles. The lowest BCUT2D eigenvalue weighted by atomic mass is 10.2. The molecule has 26 heavy (non-hydrogen) atoms. The van der Waals surface area contributed by atoms with Crippen LogP contribution in [0.25, 0.3) is 11.6 Å². The molecule has 0 atom stereocenters. The molecule has 3 aromatic rings. The van der Waals surface area contributed by atoms with Crippen LogP contribution in [0.2, 0.25) is 0 Å². The van der Waals surface area contributed by atoms with Crippen LogP contribution in [0.1, 0.15) is 30.2 Å². The molecule has 2 heterocycles. The third-order valence-corrected chi connectivity index (χ3v) is 4.35. The summed E-state index contributed by atoms with van der Waals surface area (Å²) in [5.74, 6) is 2.23. The van der Waals surface area contributed by atoms with Gasteiger partial charge in [-0.15, -0.1) is 10.2 Å². The fourth-order valence-corrected chi connectivity index (χ4v) is 2.77. The Morgan fingerprint density at radius 1 is 1.31 bits per heavy atom. The molecular formula is C19H20N4O3. The number of benzene rings is 1. The number of ether oxygens (including phenoxy) is 1. The summed E-state index contributed by atoms with van der Waals surface area (Å²) in [5, 5.41) is 11.1. The Labute approximate surface area is 151 Å². The van der Waals surface area contributed by atoms with Gasteiger partial charge in [-0.25, -0.2) is 0 Å². The third kappa shape index (κ3) is 3.61. The van der Waals surface area contributed by atoms with Gasteiger partial charge in [-0.3, -0.25) is 4.79 Å². The van der Waals surface area contributed by atoms with Crippen molar-refractivity contribution in [3.63, 3.8) is 0 Å². The second-order valence-electron chi connectivity index (χ2n) is 6.37. The number of carbonyl (C=O) groups excluding carboxylic acids is 1. The molecule has 0 radical (unpaired) electrons. The van der Waals surface area contributed by atoms with Crippen LogP contribution in [0, 0.1) is 0 Å². The van der Waals surface area contributed by atoms with Gasteiger partial charge in [-0.2, -0.15) is 0 Å². The van der Waals surface area contributed by atoms with Gasteiger partial charge in [0.25, 0.3) is 5.89 Å². The van der Waals surface area contributed by atoms with E-state index in [9.17, 15) is 4.79 Å². The van der Waals surface area contributed by atoms with Crippen molar-refractivity contribution in [3.05, 3.63) is 54.0 Å². The Morgan fingerprint density at radius 2 is 2.19 bits per heavy atom. The molecule has 0 aliphatic heterocycles. The average molecular weight is 352 g/mol. The Balaban J connectivity index is 1.39. The topological polar surface area (TPSA) is 82.2 Å². The van der Waals surface area contributed by atoms with Gasteiger partial charge in [-0.1, -0.05) is 12.1 Å². The fraction of sp³-hybridized carbons (Fsp3) is 0.316. The summed E-state index contributed by atoms with van der Waals surface area (Å²) in [6.07, 6.45) is 4.05. The summed E-state index contributed by atoms with van der Waals surface area (Å²) in [5.41, 5.74) is 1.73. The number of nitrogens with one attached hydrogen (secondary N) is 1. The largest absolute Gasteiger partial charge is 0.497 e. The minimum Gasteiger partial charge on any atom is -0.497 e. The smallest absolute Gasteiger partial charge is 0.264 e. The SMILES string of the molecule is COc1cccc(CNC(=O)Cn2cccc2-c2nnc(C3CC3)o2)c1. The van der Waals surface area contributed by atoms with Crippen molar-refractivity contribution in [3.8, 4) is 17.3 Å². The first-order valence-corrected chi connectivity index (χ1v) is 8.61. The summed E-state index contributed by atoms with van der Waals surface area (Å²) >= 11 is 0. The highest BCUT2D eigenvalue weighted by atomic mass is 16.5. The van der Waals surface area contributed by atoms with E-state index in [1.54, 1.807) is 7.11 Å². The number of hydrogen-bond donors (Lipinski definition) is 1. The lowest BCUT2D eigenvalue weighted by molar-refractivity contribution is -0.121. The van der Waals surface area contributed by atoms with E-state index in [1.165, 1.54) is 0 Å². The van der Waals surface area contributed by atoms with Gasteiger partial charge in [0.15, 0.2) is 0 Å². The standard InChI is InChI=1S/C19H20N4O3/c1-25-15-5-2-4-13(10-15)11-20-17(24)12-23-9-3-6-16(23)19-22-21-18(26-19)14-7-8-14/h2-6,9-10,14H,7-8,11-12H2,1H3,(H,20,24). The maximum Gasteiger partial charge on any atom is 0.264 e. The average Bonchev–Trinajstić information content (AvgIpc) is 3.22. The van der Waals surface area contributed by atoms with Gasteiger partial charge in [-0.05, 0) is 42.7 Å². The summed E-state index contributed by atoms with van der Waals surface area (Å²) in [6.45, 7) is 0.631. The zero-order valence-electron chi connectivity index (χ0n) is 14.5. The van der Waals surface area contributed by atoms with E-state index in [1.807, 2.05) is 47.2 Å². The van der Waals surface area contributed by atoms with Crippen LogP contribution in [-0.2, 0) is 17.9 Å². The van der Waals surface area contributed by atoms with E-state index < -0.39 is 0 Å². The Morgan fingerprint density at radius 3 is 3.00 bits per heavy atom. The van der Waals surface area contributed by atoms with Crippen molar-refractivity contribution in [2.75, 3.05) is 7.11 Å². The summed E-state index contributed by atoms with van der Waals surface area (Å²) in [7, 11) is 1.62. The zero-order valence-corrected chi connectivity index (χ0v) is 14.5. The van der Waals surface area contributed by atoms with Crippen LogP contribution in [0.5, 0.6) is 5.75 Å². The number of hydrogen-bond acceptors (Lipinski definition) is 5. The molecule has 4 rings (SSSR count). The molecule has 7 nitrogen and oxygen atoms in total. The number of aromatic nitrogens is 3. The van der Waals surface area contributed by atoms with Gasteiger partial charge in [0.1, 0.15) is 18.0 Å². The zero-order chi connectivity index (χ0) is 17.9. The van der Waals surface area contributed by atoms with Gasteiger partial charge in [0, 0.05) is 18.7 Å². The first-order chi connectivity index (χ1) is 12.7. The van der Waals surface area contributed by atoms with Crippen LogP contribution in [0.3, 0.4) is 0 Å². The molecule has 2 aromatic heterocycles. The van der Waals surface area contributed by atoms with Crippen molar-refractivity contribution >= 4 is 5.91 Å². The van der Waals surface area contributed by atoms with Crippen molar-refractivity contribution in [1.29, 1.82) is 0 Å². The monoisotopic (exact) mass is 352 g/mol. The lowest BCUT2D eigenvalue weighted by Gasteiger charge is -2.09. The Kier molecular flexibility index (Phi) is 4.43. The molecule has 1 aliphatic rings. The first kappa shape index (κ1) is 16.4. The molecule has 1 N–H and O–H groups in total. The number of nitrogens with zero attached hydrogens (tertiary/aromatic N) is 3. The van der Waals surface area contributed by atoms with E-state index in [-0.39, 0.29) is 12.5 Å². The van der Waals surface area contributed by atoms with Crippen LogP contribution < -0.4 is 10.1 Å². The molecule has 1 fully saturated rings. The van der Waals surface area contributed by atoms with E-state index in [4.69, 9.17) is 9.15 Å². The summed E-state index contributed by atoms with van der Waals surface area (Å²) in [4.78, 5) is 12.3. The predicted molar refractivity (Wildman–Crippen MR) is 94.5 cm³/mol. The lowest BCUT2D eigenvalue weighted by Crippen LogP contribution is -2.27. The summed E-state index contributed by atoms with van der Waals surface area (Å²) < 4.78 is 12.7. The Bertz CT molecular complexity index is 911. The molecule has 7 heteroatoms. The molecule has 1 saturated carbocycles. The van der Waals surface area contributed by atoms with Gasteiger partial charge in [0.05, 0.1) is 7.11 Å². The number of rotatable bonds is 7. The molecule has 1 amide bonds. The molecular weight excluding hydrogens is 332 g/mol. The van der Waals surface area contributed by atoms with E-state index in [2.05, 4.69) is 15.5 Å². The molecule has 0 unspecified atom stereocenters. The maximum atomic E-state index is 12.3. The van der Waals surface area contributed by atoms with Crippen molar-refractivity contribution < 1.29 is 13.9 Å². The van der Waals surface area contributed by atoms with Crippen LogP contribution in [0.15, 0.2) is 47.0 Å². The van der Waals surface area contributed by atoms with Gasteiger partial charge >= 0.3 is 0 Å². The van der Waals surface area contributed by atoms with Crippen LogP contribution in [0.4, 0.5) is 0 Å². The van der Waals surface area contributed by atoms with Gasteiger partial charge < -0.3 is 19.0 Å². The molecule has 0 spiro atoms. The quantitative estimate of drug-likeness (QED) is 0.707. The molecule has 0 bridgehead atoms. The third-order valence-electron chi connectivity index (χ3n) is 4.35. The van der Waals surface area contributed by atoms with Crippen molar-refractivity contribution in [2.45, 2.75) is 31.8 Å². The van der Waals surface area contributed by atoms with Crippen LogP contribution in [-0.4, -0.2) is 27.8 Å². The minimum absolute atomic E-state index is 0.0906. The van der Waals surface area contributed by atoms with Crippen molar-refractivity contribution in [1.82, 2.24) is 20.1 Å². The first-order valence-electron chi connectivity index (χ1n) is 8.61. The fourth-order valence-electron chi connectivity index (χ4n) is 2.77. The molecule has 1 aromatic carbocycles. The van der Waals surface area contributed by atoms with E-state index in [0.29, 0.717) is 24.2 Å². The minimum atomic E-state index is -0.0906. The van der Waals surface area contributed by atoms with E-state index in [0.717, 1.165) is 29.8 Å². The Hall–Kier alpha value is -3.09. The predicted octanol–water partition coefficient (Wildman–Crippen LogP) is 2.74. The number of carbonyl (C=O) groups is 1. The maximum absolute atomic E-state index is 12.3. The van der Waals surface area contributed by atoms with E-state index >= 15 is 0 Å². The van der Waals surface area contributed by atoms with Gasteiger partial charge in [0.2, 0.25) is 11.8 Å². The molecule has 134 valence electrons. The molecule has 1 aliphatic carbocycles. The summed E-state index contributed by atoms with van der Waals surface area (Å²) in [6, 6.07) is 11.4. The highest BCUT2D eigenvalue weighted by Crippen LogP contribution is 2.39. The second kappa shape index (κ2) is 7.03. The highest BCUT2D eigenvalue weighted by Gasteiger charge is 2.29. The second-order valence-corrected chi connectivity index (χ2v) is 6.37. The highest BCUT2D eigenvalue weighted by molar-refractivity contribution is 5.76. The normalized spacial score (nSPS) is 13.6. The number of methoxy groups -OCH3 is 1. The van der Waals surface area contributed by atoms with Crippen LogP contribution >= 0.6 is 0 Å². The number of amides is 1. The van der Waals surface area contributed by atoms with Crippen molar-refractivity contribution in [2.24, 2.45) is 0 Å².